The van der Waals surface area contributed by atoms with E-state index in [0.29, 0.717) is 12.3 Å². The Morgan fingerprint density at radius 2 is 1.89 bits per heavy atom. The number of pyridine rings is 1. The van der Waals surface area contributed by atoms with E-state index in [2.05, 4.69) is 18.8 Å². The molecular formula is C15H26N2O2. The number of methoxy groups -OCH3 is 2. The van der Waals surface area contributed by atoms with E-state index in [1.54, 1.807) is 14.2 Å². The number of rotatable bonds is 6. The van der Waals surface area contributed by atoms with Crippen LogP contribution in [0.15, 0.2) is 6.20 Å². The Morgan fingerprint density at radius 1 is 1.26 bits per heavy atom. The van der Waals surface area contributed by atoms with Gasteiger partial charge in [0.2, 0.25) is 0 Å². The van der Waals surface area contributed by atoms with Gasteiger partial charge in [-0.1, -0.05) is 13.8 Å². The number of aromatic nitrogens is 1. The number of aryl methyl sites for hydroxylation is 1. The molecule has 19 heavy (non-hydrogen) atoms. The SMILES string of the molecule is COc1c(C)cnc(CC(N)C(OC)C(C)C)c1C. The van der Waals surface area contributed by atoms with Crippen LogP contribution in [0.4, 0.5) is 0 Å². The number of hydrogen-bond donors (Lipinski definition) is 1. The third kappa shape index (κ3) is 3.67. The summed E-state index contributed by atoms with van der Waals surface area (Å²) in [7, 11) is 3.39. The highest BCUT2D eigenvalue weighted by Gasteiger charge is 2.23. The van der Waals surface area contributed by atoms with Gasteiger partial charge in [-0.3, -0.25) is 4.98 Å². The van der Waals surface area contributed by atoms with Crippen molar-refractivity contribution in [1.82, 2.24) is 4.98 Å². The van der Waals surface area contributed by atoms with Crippen LogP contribution < -0.4 is 10.5 Å². The molecule has 0 aliphatic heterocycles. The average Bonchev–Trinajstić information content (AvgIpc) is 2.34. The minimum absolute atomic E-state index is 0.0356. The normalized spacial score (nSPS) is 14.5. The van der Waals surface area contributed by atoms with Gasteiger partial charge in [-0.15, -0.1) is 0 Å². The molecule has 0 saturated carbocycles. The van der Waals surface area contributed by atoms with Crippen LogP contribution in [0.5, 0.6) is 5.75 Å². The molecule has 108 valence electrons. The quantitative estimate of drug-likeness (QED) is 0.858. The molecule has 1 aromatic rings. The number of nitrogens with zero attached hydrogens (tertiary/aromatic N) is 1. The molecule has 0 amide bonds. The van der Waals surface area contributed by atoms with E-state index in [-0.39, 0.29) is 12.1 Å². The first-order valence-corrected chi connectivity index (χ1v) is 6.69. The van der Waals surface area contributed by atoms with Crippen molar-refractivity contribution >= 4 is 0 Å². The molecule has 0 fully saturated rings. The third-order valence-electron chi connectivity index (χ3n) is 3.53. The van der Waals surface area contributed by atoms with Gasteiger partial charge in [0, 0.05) is 42.6 Å². The largest absolute Gasteiger partial charge is 0.496 e. The number of nitrogens with two attached hydrogens (primary N) is 1. The van der Waals surface area contributed by atoms with Crippen molar-refractivity contribution < 1.29 is 9.47 Å². The molecular weight excluding hydrogens is 240 g/mol. The Labute approximate surface area is 116 Å². The van der Waals surface area contributed by atoms with Gasteiger partial charge in [0.1, 0.15) is 5.75 Å². The molecule has 0 saturated heterocycles. The van der Waals surface area contributed by atoms with Crippen LogP contribution >= 0.6 is 0 Å². The molecule has 0 aliphatic rings. The van der Waals surface area contributed by atoms with Crippen molar-refractivity contribution in [2.24, 2.45) is 11.7 Å². The Balaban J connectivity index is 2.94. The highest BCUT2D eigenvalue weighted by Crippen LogP contribution is 2.25. The summed E-state index contributed by atoms with van der Waals surface area (Å²) >= 11 is 0. The van der Waals surface area contributed by atoms with Crippen LogP contribution in [0, 0.1) is 19.8 Å². The summed E-state index contributed by atoms with van der Waals surface area (Å²) in [5.41, 5.74) is 9.35. The molecule has 4 heteroatoms. The maximum atomic E-state index is 6.25. The van der Waals surface area contributed by atoms with Crippen molar-refractivity contribution in [2.45, 2.75) is 46.3 Å². The molecule has 0 aliphatic carbocycles. The van der Waals surface area contributed by atoms with Gasteiger partial charge in [-0.25, -0.2) is 0 Å². The van der Waals surface area contributed by atoms with Gasteiger partial charge in [0.15, 0.2) is 0 Å². The minimum atomic E-state index is -0.0661. The second-order valence-corrected chi connectivity index (χ2v) is 5.36. The lowest BCUT2D eigenvalue weighted by Crippen LogP contribution is -2.41. The van der Waals surface area contributed by atoms with Gasteiger partial charge < -0.3 is 15.2 Å². The van der Waals surface area contributed by atoms with Gasteiger partial charge in [0.25, 0.3) is 0 Å². The summed E-state index contributed by atoms with van der Waals surface area (Å²) in [4.78, 5) is 4.49. The fourth-order valence-electron chi connectivity index (χ4n) is 2.56. The van der Waals surface area contributed by atoms with Gasteiger partial charge in [0.05, 0.1) is 13.2 Å². The molecule has 2 N–H and O–H groups in total. The number of hydrogen-bond acceptors (Lipinski definition) is 4. The van der Waals surface area contributed by atoms with E-state index in [0.717, 1.165) is 22.6 Å². The second kappa shape index (κ2) is 6.87. The first-order chi connectivity index (χ1) is 8.92. The van der Waals surface area contributed by atoms with Crippen molar-refractivity contribution in [3.63, 3.8) is 0 Å². The molecule has 0 spiro atoms. The predicted molar refractivity (Wildman–Crippen MR) is 77.6 cm³/mol. The van der Waals surface area contributed by atoms with E-state index in [9.17, 15) is 0 Å². The predicted octanol–water partition coefficient (Wildman–Crippen LogP) is 2.25. The zero-order chi connectivity index (χ0) is 14.6. The van der Waals surface area contributed by atoms with Crippen LogP contribution in [-0.4, -0.2) is 31.3 Å². The molecule has 0 radical (unpaired) electrons. The first kappa shape index (κ1) is 15.9. The Morgan fingerprint density at radius 3 is 2.37 bits per heavy atom. The van der Waals surface area contributed by atoms with E-state index < -0.39 is 0 Å². The number of ether oxygens (including phenoxy) is 2. The van der Waals surface area contributed by atoms with Crippen LogP contribution in [0.25, 0.3) is 0 Å². The Bertz CT molecular complexity index is 419. The summed E-state index contributed by atoms with van der Waals surface area (Å²) in [5, 5.41) is 0. The maximum Gasteiger partial charge on any atom is 0.128 e. The van der Waals surface area contributed by atoms with E-state index in [4.69, 9.17) is 15.2 Å². The van der Waals surface area contributed by atoms with Crippen LogP contribution in [0.3, 0.4) is 0 Å². The first-order valence-electron chi connectivity index (χ1n) is 6.69. The highest BCUT2D eigenvalue weighted by atomic mass is 16.5. The third-order valence-corrected chi connectivity index (χ3v) is 3.53. The molecule has 4 nitrogen and oxygen atoms in total. The second-order valence-electron chi connectivity index (χ2n) is 5.36. The minimum Gasteiger partial charge on any atom is -0.496 e. The molecule has 1 rings (SSSR count). The lowest BCUT2D eigenvalue weighted by Gasteiger charge is -2.26. The lowest BCUT2D eigenvalue weighted by molar-refractivity contribution is 0.0438. The fraction of sp³-hybridized carbons (Fsp3) is 0.667. The topological polar surface area (TPSA) is 57.4 Å². The average molecular weight is 266 g/mol. The molecule has 0 bridgehead atoms. The van der Waals surface area contributed by atoms with Crippen LogP contribution in [-0.2, 0) is 11.2 Å². The zero-order valence-corrected chi connectivity index (χ0v) is 12.9. The molecule has 1 aromatic heterocycles. The van der Waals surface area contributed by atoms with Crippen molar-refractivity contribution in [1.29, 1.82) is 0 Å². The van der Waals surface area contributed by atoms with Crippen molar-refractivity contribution in [3.05, 3.63) is 23.0 Å². The lowest BCUT2D eigenvalue weighted by atomic mass is 9.95. The molecule has 2 atom stereocenters. The summed E-state index contributed by atoms with van der Waals surface area (Å²) in [5.74, 6) is 1.28. The van der Waals surface area contributed by atoms with Gasteiger partial charge >= 0.3 is 0 Å². The zero-order valence-electron chi connectivity index (χ0n) is 12.9. The fourth-order valence-corrected chi connectivity index (χ4v) is 2.56. The van der Waals surface area contributed by atoms with Gasteiger partial charge in [-0.05, 0) is 19.8 Å². The smallest absolute Gasteiger partial charge is 0.128 e. The maximum absolute atomic E-state index is 6.25. The van der Waals surface area contributed by atoms with Crippen LogP contribution in [0.2, 0.25) is 0 Å². The van der Waals surface area contributed by atoms with E-state index >= 15 is 0 Å². The Kier molecular flexibility index (Phi) is 5.76. The Hall–Kier alpha value is -1.13. The van der Waals surface area contributed by atoms with E-state index in [1.165, 1.54) is 0 Å². The molecule has 1 heterocycles. The van der Waals surface area contributed by atoms with Crippen molar-refractivity contribution in [2.75, 3.05) is 14.2 Å². The highest BCUT2D eigenvalue weighted by molar-refractivity contribution is 5.41. The molecule has 2 unspecified atom stereocenters. The van der Waals surface area contributed by atoms with Crippen LogP contribution in [0.1, 0.15) is 30.7 Å². The van der Waals surface area contributed by atoms with E-state index in [1.807, 2.05) is 20.0 Å². The van der Waals surface area contributed by atoms with Crippen molar-refractivity contribution in [3.8, 4) is 5.75 Å². The standard InChI is InChI=1S/C15H26N2O2/c1-9(2)14(18-5)12(16)7-13-11(4)15(19-6)10(3)8-17-13/h8-9,12,14H,7,16H2,1-6H3. The monoisotopic (exact) mass is 266 g/mol. The van der Waals surface area contributed by atoms with Gasteiger partial charge in [-0.2, -0.15) is 0 Å². The summed E-state index contributed by atoms with van der Waals surface area (Å²) in [6.45, 7) is 8.25. The summed E-state index contributed by atoms with van der Waals surface area (Å²) in [6.07, 6.45) is 2.57. The molecule has 0 aromatic carbocycles. The summed E-state index contributed by atoms with van der Waals surface area (Å²) in [6, 6.07) is -0.0661. The summed E-state index contributed by atoms with van der Waals surface area (Å²) < 4.78 is 10.9.